The molecule has 3 N–H and O–H groups in total. The number of hydrogen-bond donors (Lipinski definition) is 3. The molecule has 27 heavy (non-hydrogen) atoms. The Morgan fingerprint density at radius 1 is 1.00 bits per heavy atom. The van der Waals surface area contributed by atoms with Gasteiger partial charge in [-0.1, -0.05) is 40.5 Å². The van der Waals surface area contributed by atoms with Crippen molar-refractivity contribution in [2.75, 3.05) is 0 Å². The van der Waals surface area contributed by atoms with Crippen LogP contribution in [-0.4, -0.2) is 21.1 Å². The molecule has 0 aliphatic heterocycles. The van der Waals surface area contributed by atoms with Crippen LogP contribution in [0.25, 0.3) is 0 Å². The third-order valence-electron chi connectivity index (χ3n) is 10.1. The van der Waals surface area contributed by atoms with Gasteiger partial charge in [0, 0.05) is 6.42 Å². The van der Waals surface area contributed by atoms with Gasteiger partial charge in [0.25, 0.3) is 0 Å². The SMILES string of the molecule is CCC[C@@H](C)[C@H]1CC[C@H]2[C@@H]3CC[C@@H]4C[C](O)C(O)(O)C[C@]4(C)[C@H]3CC[C@]12C. The van der Waals surface area contributed by atoms with E-state index < -0.39 is 5.79 Å². The number of hydrogen-bond acceptors (Lipinski definition) is 3. The van der Waals surface area contributed by atoms with Crippen molar-refractivity contribution in [1.82, 2.24) is 0 Å². The van der Waals surface area contributed by atoms with Gasteiger partial charge in [0.15, 0.2) is 11.9 Å². The maximum Gasteiger partial charge on any atom is 0.196 e. The van der Waals surface area contributed by atoms with Gasteiger partial charge >= 0.3 is 0 Å². The van der Waals surface area contributed by atoms with Gasteiger partial charge in [-0.05, 0) is 91.3 Å². The molecular formula is C24H41O3. The molecule has 0 aromatic rings. The Labute approximate surface area is 165 Å². The summed E-state index contributed by atoms with van der Waals surface area (Å²) >= 11 is 0. The summed E-state index contributed by atoms with van der Waals surface area (Å²) in [6.45, 7) is 9.69. The van der Waals surface area contributed by atoms with Gasteiger partial charge in [-0.2, -0.15) is 0 Å². The molecular weight excluding hydrogens is 336 g/mol. The molecule has 0 aromatic heterocycles. The number of aliphatic hydroxyl groups is 3. The first-order valence-corrected chi connectivity index (χ1v) is 11.6. The molecule has 0 saturated heterocycles. The van der Waals surface area contributed by atoms with Gasteiger partial charge in [0.05, 0.1) is 0 Å². The molecule has 4 aliphatic rings. The molecule has 0 amide bonds. The zero-order chi connectivity index (χ0) is 19.6. The monoisotopic (exact) mass is 377 g/mol. The molecule has 4 fully saturated rings. The van der Waals surface area contributed by atoms with E-state index in [1.54, 1.807) is 0 Å². The summed E-state index contributed by atoms with van der Waals surface area (Å²) in [5.74, 6) is 2.25. The van der Waals surface area contributed by atoms with Crippen LogP contribution in [0.5, 0.6) is 0 Å². The number of rotatable bonds is 3. The summed E-state index contributed by atoms with van der Waals surface area (Å²) in [4.78, 5) is 0. The quantitative estimate of drug-likeness (QED) is 0.587. The highest BCUT2D eigenvalue weighted by atomic mass is 16.5. The Kier molecular flexibility index (Phi) is 5.01. The zero-order valence-electron chi connectivity index (χ0n) is 17.9. The average Bonchev–Trinajstić information content (AvgIpc) is 2.93. The van der Waals surface area contributed by atoms with E-state index in [1.807, 2.05) is 0 Å². The molecule has 0 unspecified atom stereocenters. The fraction of sp³-hybridized carbons (Fsp3) is 0.958. The van der Waals surface area contributed by atoms with Gasteiger partial charge in [-0.3, -0.25) is 0 Å². The zero-order valence-corrected chi connectivity index (χ0v) is 17.9. The van der Waals surface area contributed by atoms with Crippen molar-refractivity contribution in [3.63, 3.8) is 0 Å². The summed E-state index contributed by atoms with van der Waals surface area (Å²) in [5, 5.41) is 31.0. The summed E-state index contributed by atoms with van der Waals surface area (Å²) < 4.78 is 0. The van der Waals surface area contributed by atoms with Crippen LogP contribution in [0.4, 0.5) is 0 Å². The fourth-order valence-corrected chi connectivity index (χ4v) is 8.81. The lowest BCUT2D eigenvalue weighted by Gasteiger charge is -2.62. The second-order valence-electron chi connectivity index (χ2n) is 11.3. The van der Waals surface area contributed by atoms with Gasteiger partial charge in [0.1, 0.15) is 0 Å². The predicted molar refractivity (Wildman–Crippen MR) is 107 cm³/mol. The molecule has 4 saturated carbocycles. The predicted octanol–water partition coefficient (Wildman–Crippen LogP) is 5.28. The van der Waals surface area contributed by atoms with Gasteiger partial charge in [0.2, 0.25) is 0 Å². The standard InChI is InChI=1S/C24H41O3/c1-5-6-15(2)18-9-10-19-17-8-7-16-13-21(25)24(26,27)14-23(16,4)20(17)11-12-22(18,19)3/h15-20,25-27H,5-14H2,1-4H3/t15-,16-,17+,18-,19+,20+,22-,23+/m1/s1. The van der Waals surface area contributed by atoms with Crippen molar-refractivity contribution in [3.05, 3.63) is 6.10 Å². The van der Waals surface area contributed by atoms with E-state index in [9.17, 15) is 15.3 Å². The summed E-state index contributed by atoms with van der Waals surface area (Å²) in [5.41, 5.74) is 0.435. The van der Waals surface area contributed by atoms with Crippen LogP contribution in [0, 0.1) is 52.4 Å². The second-order valence-corrected chi connectivity index (χ2v) is 11.3. The fourth-order valence-electron chi connectivity index (χ4n) is 8.81. The first-order chi connectivity index (χ1) is 12.6. The maximum absolute atomic E-state index is 10.4. The highest BCUT2D eigenvalue weighted by Gasteiger charge is 2.63. The largest absolute Gasteiger partial charge is 0.381 e. The normalized spacial score (nSPS) is 50.6. The minimum atomic E-state index is -1.98. The molecule has 1 radical (unpaired) electrons. The van der Waals surface area contributed by atoms with E-state index >= 15 is 0 Å². The Balaban J connectivity index is 1.59. The van der Waals surface area contributed by atoms with Crippen molar-refractivity contribution >= 4 is 0 Å². The van der Waals surface area contributed by atoms with Crippen LogP contribution < -0.4 is 0 Å². The lowest BCUT2D eigenvalue weighted by molar-refractivity contribution is -0.252. The first-order valence-electron chi connectivity index (χ1n) is 11.6. The van der Waals surface area contributed by atoms with Crippen LogP contribution in [0.2, 0.25) is 0 Å². The number of aliphatic hydroxyl groups excluding tert-OH is 1. The molecule has 8 atom stereocenters. The highest BCUT2D eigenvalue weighted by molar-refractivity contribution is 5.14. The van der Waals surface area contributed by atoms with E-state index in [0.29, 0.717) is 30.1 Å². The number of fused-ring (bicyclic) bond motifs is 5. The molecule has 4 aliphatic carbocycles. The smallest absolute Gasteiger partial charge is 0.196 e. The van der Waals surface area contributed by atoms with E-state index in [2.05, 4.69) is 27.7 Å². The van der Waals surface area contributed by atoms with Crippen LogP contribution in [-0.2, 0) is 0 Å². The molecule has 0 bridgehead atoms. The Morgan fingerprint density at radius 2 is 1.70 bits per heavy atom. The first kappa shape index (κ1) is 20.2. The summed E-state index contributed by atoms with van der Waals surface area (Å²) in [6.07, 6.45) is 11.1. The van der Waals surface area contributed by atoms with Crippen molar-refractivity contribution in [2.45, 2.75) is 97.7 Å². The minimum absolute atomic E-state index is 0.0485. The molecule has 3 nitrogen and oxygen atoms in total. The van der Waals surface area contributed by atoms with E-state index in [1.165, 1.54) is 44.9 Å². The van der Waals surface area contributed by atoms with Crippen LogP contribution in [0.1, 0.15) is 91.9 Å². The van der Waals surface area contributed by atoms with Gasteiger partial charge in [-0.25, -0.2) is 0 Å². The lowest BCUT2D eigenvalue weighted by atomic mass is 9.44. The molecule has 0 aromatic carbocycles. The van der Waals surface area contributed by atoms with Gasteiger partial charge < -0.3 is 15.3 Å². The van der Waals surface area contributed by atoms with Crippen LogP contribution in [0.15, 0.2) is 0 Å². The molecule has 3 heteroatoms. The average molecular weight is 378 g/mol. The van der Waals surface area contributed by atoms with E-state index in [-0.39, 0.29) is 11.5 Å². The Bertz CT molecular complexity index is 560. The molecule has 4 rings (SSSR count). The molecule has 0 heterocycles. The topological polar surface area (TPSA) is 60.7 Å². The van der Waals surface area contributed by atoms with Crippen molar-refractivity contribution in [3.8, 4) is 0 Å². The highest BCUT2D eigenvalue weighted by Crippen LogP contribution is 2.69. The molecule has 0 spiro atoms. The minimum Gasteiger partial charge on any atom is -0.381 e. The van der Waals surface area contributed by atoms with Crippen LogP contribution >= 0.6 is 0 Å². The summed E-state index contributed by atoms with van der Waals surface area (Å²) in [6, 6.07) is 0. The lowest BCUT2D eigenvalue weighted by Crippen LogP contribution is -2.58. The van der Waals surface area contributed by atoms with E-state index in [4.69, 9.17) is 0 Å². The summed E-state index contributed by atoms with van der Waals surface area (Å²) in [7, 11) is 0. The van der Waals surface area contributed by atoms with E-state index in [0.717, 1.165) is 30.1 Å². The van der Waals surface area contributed by atoms with Crippen molar-refractivity contribution in [2.24, 2.45) is 46.3 Å². The third-order valence-corrected chi connectivity index (χ3v) is 10.1. The Hall–Kier alpha value is -0.120. The third kappa shape index (κ3) is 2.94. The van der Waals surface area contributed by atoms with Crippen molar-refractivity contribution < 1.29 is 15.3 Å². The second kappa shape index (κ2) is 6.71. The Morgan fingerprint density at radius 3 is 2.41 bits per heavy atom. The van der Waals surface area contributed by atoms with Crippen LogP contribution in [0.3, 0.4) is 0 Å². The van der Waals surface area contributed by atoms with Gasteiger partial charge in [-0.15, -0.1) is 0 Å². The molecule has 155 valence electrons. The van der Waals surface area contributed by atoms with Crippen molar-refractivity contribution in [1.29, 1.82) is 0 Å². The maximum atomic E-state index is 10.4.